The highest BCUT2D eigenvalue weighted by atomic mass is 79.9. The number of halogens is 2. The molecule has 0 bridgehead atoms. The second-order valence-electron chi connectivity index (χ2n) is 3.43. The Morgan fingerprint density at radius 3 is 2.53 bits per heavy atom. The number of rotatable bonds is 1. The van der Waals surface area contributed by atoms with Crippen LogP contribution in [0.15, 0.2) is 18.3 Å². The molecule has 0 unspecified atom stereocenters. The molecule has 1 aliphatic heterocycles. The number of pyridine rings is 1. The minimum absolute atomic E-state index is 0. The summed E-state index contributed by atoms with van der Waals surface area (Å²) < 4.78 is 0. The maximum atomic E-state index is 9.58. The summed E-state index contributed by atoms with van der Waals surface area (Å²) >= 11 is 0. The van der Waals surface area contributed by atoms with Crippen LogP contribution in [0, 0.1) is 0 Å². The van der Waals surface area contributed by atoms with Gasteiger partial charge in [0.25, 0.3) is 0 Å². The van der Waals surface area contributed by atoms with E-state index in [2.05, 4.69) is 10.3 Å². The van der Waals surface area contributed by atoms with Crippen LogP contribution in [0.2, 0.25) is 0 Å². The topological polar surface area (TPSA) is 45.2 Å². The molecule has 0 radical (unpaired) electrons. The lowest BCUT2D eigenvalue weighted by Gasteiger charge is -2.22. The third-order valence-corrected chi connectivity index (χ3v) is 2.54. The van der Waals surface area contributed by atoms with Gasteiger partial charge in [-0.2, -0.15) is 0 Å². The molecule has 2 rings (SSSR count). The number of hydrogen-bond acceptors (Lipinski definition) is 3. The van der Waals surface area contributed by atoms with E-state index in [4.69, 9.17) is 0 Å². The quantitative estimate of drug-likeness (QED) is 0.825. The first kappa shape index (κ1) is 14.9. The van der Waals surface area contributed by atoms with Gasteiger partial charge in [-0.15, -0.1) is 34.0 Å². The molecule has 0 aromatic carbocycles. The predicted octanol–water partition coefficient (Wildman–Crippen LogP) is 2.41. The first-order valence-electron chi connectivity index (χ1n) is 4.72. The van der Waals surface area contributed by atoms with Gasteiger partial charge in [0.1, 0.15) is 5.75 Å². The Kier molecular flexibility index (Phi) is 7.13. The Labute approximate surface area is 111 Å². The molecule has 0 aliphatic carbocycles. The highest BCUT2D eigenvalue weighted by Gasteiger charge is 2.18. The number of hydrogen-bond donors (Lipinski definition) is 2. The Morgan fingerprint density at radius 1 is 1.27 bits per heavy atom. The third kappa shape index (κ3) is 3.74. The number of nitrogens with zero attached hydrogens (tertiary/aromatic N) is 1. The molecule has 1 fully saturated rings. The van der Waals surface area contributed by atoms with Crippen molar-refractivity contribution in [1.29, 1.82) is 0 Å². The summed E-state index contributed by atoms with van der Waals surface area (Å²) in [5.74, 6) is 0.775. The van der Waals surface area contributed by atoms with E-state index < -0.39 is 0 Å². The van der Waals surface area contributed by atoms with E-state index in [0.29, 0.717) is 11.7 Å². The average Bonchev–Trinajstić information content (AvgIpc) is 2.20. The van der Waals surface area contributed by atoms with E-state index in [1.807, 2.05) is 0 Å². The molecule has 15 heavy (non-hydrogen) atoms. The Hall–Kier alpha value is -0.130. The summed E-state index contributed by atoms with van der Waals surface area (Å²) in [6, 6.07) is 3.48. The molecule has 3 nitrogen and oxygen atoms in total. The third-order valence-electron chi connectivity index (χ3n) is 2.54. The van der Waals surface area contributed by atoms with E-state index in [0.717, 1.165) is 31.6 Å². The van der Waals surface area contributed by atoms with Gasteiger partial charge in [-0.1, -0.05) is 0 Å². The molecule has 0 amide bonds. The monoisotopic (exact) mass is 338 g/mol. The summed E-state index contributed by atoms with van der Waals surface area (Å²) in [6.07, 6.45) is 3.90. The van der Waals surface area contributed by atoms with Gasteiger partial charge < -0.3 is 10.4 Å². The van der Waals surface area contributed by atoms with Gasteiger partial charge in [-0.05, 0) is 38.1 Å². The number of aromatic hydroxyl groups is 1. The number of piperidine rings is 1. The van der Waals surface area contributed by atoms with Crippen molar-refractivity contribution in [2.75, 3.05) is 13.1 Å². The smallest absolute Gasteiger partial charge is 0.137 e. The van der Waals surface area contributed by atoms with Gasteiger partial charge in [0.15, 0.2) is 0 Å². The fourth-order valence-corrected chi connectivity index (χ4v) is 1.82. The van der Waals surface area contributed by atoms with Crippen molar-refractivity contribution in [3.8, 4) is 5.75 Å². The molecule has 0 saturated carbocycles. The van der Waals surface area contributed by atoms with Crippen LogP contribution in [0.4, 0.5) is 0 Å². The predicted molar refractivity (Wildman–Crippen MR) is 71.4 cm³/mol. The standard InChI is InChI=1S/C10H14N2O.2BrH/c13-9-2-1-5-12-10(9)8-3-6-11-7-4-8;;/h1-2,5,8,11,13H,3-4,6-7H2;2*1H. The first-order valence-corrected chi connectivity index (χ1v) is 4.72. The van der Waals surface area contributed by atoms with E-state index in [-0.39, 0.29) is 34.0 Å². The molecule has 2 heterocycles. The Balaban J connectivity index is 0.000000980. The van der Waals surface area contributed by atoms with E-state index in [9.17, 15) is 5.11 Å². The highest BCUT2D eigenvalue weighted by molar-refractivity contribution is 8.93. The summed E-state index contributed by atoms with van der Waals surface area (Å²) in [5.41, 5.74) is 0.865. The molecule has 86 valence electrons. The van der Waals surface area contributed by atoms with Crippen LogP contribution in [-0.2, 0) is 0 Å². The zero-order valence-electron chi connectivity index (χ0n) is 8.35. The van der Waals surface area contributed by atoms with Gasteiger partial charge >= 0.3 is 0 Å². The van der Waals surface area contributed by atoms with Crippen LogP contribution in [0.1, 0.15) is 24.5 Å². The molecular formula is C10H16Br2N2O. The zero-order chi connectivity index (χ0) is 9.10. The van der Waals surface area contributed by atoms with Gasteiger partial charge in [0, 0.05) is 12.1 Å². The fraction of sp³-hybridized carbons (Fsp3) is 0.500. The molecule has 1 aliphatic rings. The van der Waals surface area contributed by atoms with Crippen molar-refractivity contribution >= 4 is 34.0 Å². The van der Waals surface area contributed by atoms with Crippen molar-refractivity contribution in [2.24, 2.45) is 0 Å². The Morgan fingerprint density at radius 2 is 1.93 bits per heavy atom. The van der Waals surface area contributed by atoms with E-state index in [1.54, 1.807) is 18.3 Å². The number of nitrogens with one attached hydrogen (secondary N) is 1. The zero-order valence-corrected chi connectivity index (χ0v) is 11.8. The summed E-state index contributed by atoms with van der Waals surface area (Å²) in [7, 11) is 0. The van der Waals surface area contributed by atoms with Crippen LogP contribution in [0.3, 0.4) is 0 Å². The SMILES string of the molecule is Br.Br.Oc1cccnc1C1CCNCC1. The maximum absolute atomic E-state index is 9.58. The van der Waals surface area contributed by atoms with Gasteiger partial charge in [-0.25, -0.2) is 0 Å². The second-order valence-corrected chi connectivity index (χ2v) is 3.43. The molecule has 0 spiro atoms. The fourth-order valence-electron chi connectivity index (χ4n) is 1.82. The normalized spacial score (nSPS) is 16.3. The van der Waals surface area contributed by atoms with Crippen molar-refractivity contribution in [1.82, 2.24) is 10.3 Å². The van der Waals surface area contributed by atoms with E-state index >= 15 is 0 Å². The van der Waals surface area contributed by atoms with Crippen LogP contribution >= 0.6 is 34.0 Å². The molecule has 0 atom stereocenters. The lowest BCUT2D eigenvalue weighted by molar-refractivity contribution is 0.416. The highest BCUT2D eigenvalue weighted by Crippen LogP contribution is 2.29. The van der Waals surface area contributed by atoms with Crippen LogP contribution in [0.5, 0.6) is 5.75 Å². The summed E-state index contributed by atoms with van der Waals surface area (Å²) in [4.78, 5) is 4.22. The average molecular weight is 340 g/mol. The molecule has 5 heteroatoms. The van der Waals surface area contributed by atoms with Crippen molar-refractivity contribution < 1.29 is 5.11 Å². The van der Waals surface area contributed by atoms with Crippen molar-refractivity contribution in [2.45, 2.75) is 18.8 Å². The van der Waals surface area contributed by atoms with Crippen molar-refractivity contribution in [3.63, 3.8) is 0 Å². The van der Waals surface area contributed by atoms with Gasteiger partial charge in [0.05, 0.1) is 5.69 Å². The molecular weight excluding hydrogens is 324 g/mol. The van der Waals surface area contributed by atoms with Crippen LogP contribution in [-0.4, -0.2) is 23.2 Å². The first-order chi connectivity index (χ1) is 6.38. The molecule has 2 N–H and O–H groups in total. The minimum Gasteiger partial charge on any atom is -0.506 e. The molecule has 1 saturated heterocycles. The molecule has 1 aromatic heterocycles. The Bertz CT molecular complexity index is 291. The summed E-state index contributed by atoms with van der Waals surface area (Å²) in [6.45, 7) is 2.06. The van der Waals surface area contributed by atoms with Crippen LogP contribution < -0.4 is 5.32 Å². The minimum atomic E-state index is 0. The van der Waals surface area contributed by atoms with Crippen molar-refractivity contribution in [3.05, 3.63) is 24.0 Å². The largest absolute Gasteiger partial charge is 0.506 e. The van der Waals surface area contributed by atoms with Gasteiger partial charge in [-0.3, -0.25) is 4.98 Å². The number of aromatic nitrogens is 1. The lowest BCUT2D eigenvalue weighted by atomic mass is 9.94. The molecule has 1 aromatic rings. The van der Waals surface area contributed by atoms with E-state index in [1.165, 1.54) is 0 Å². The maximum Gasteiger partial charge on any atom is 0.137 e. The lowest BCUT2D eigenvalue weighted by Crippen LogP contribution is -2.27. The summed E-state index contributed by atoms with van der Waals surface area (Å²) in [5, 5.41) is 12.9. The van der Waals surface area contributed by atoms with Crippen LogP contribution in [0.25, 0.3) is 0 Å². The van der Waals surface area contributed by atoms with Gasteiger partial charge in [0.2, 0.25) is 0 Å². The second kappa shape index (κ2) is 7.19.